The number of nitrogens with one attached hydrogen (secondary N) is 1. The van der Waals surface area contributed by atoms with Crippen LogP contribution in [0.4, 0.5) is 18.9 Å². The highest BCUT2D eigenvalue weighted by molar-refractivity contribution is 6.31. The molecule has 144 valence electrons. The lowest BCUT2D eigenvalue weighted by atomic mass is 9.97. The maximum absolute atomic E-state index is 12.8. The fourth-order valence-electron chi connectivity index (χ4n) is 2.48. The van der Waals surface area contributed by atoms with Crippen LogP contribution in [0.3, 0.4) is 0 Å². The van der Waals surface area contributed by atoms with Crippen LogP contribution in [0, 0.1) is 0 Å². The Morgan fingerprint density at radius 1 is 1.15 bits per heavy atom. The van der Waals surface area contributed by atoms with Gasteiger partial charge in [0.15, 0.2) is 6.61 Å². The summed E-state index contributed by atoms with van der Waals surface area (Å²) in [6, 6.07) is 11.9. The molecule has 0 radical (unpaired) electrons. The third-order valence-electron chi connectivity index (χ3n) is 3.80. The Morgan fingerprint density at radius 2 is 1.81 bits per heavy atom. The van der Waals surface area contributed by atoms with Crippen molar-refractivity contribution >= 4 is 29.2 Å². The number of anilines is 1. The molecule has 4 nitrogen and oxygen atoms in total. The molecule has 0 bridgehead atoms. The number of alkyl halides is 3. The molecule has 27 heavy (non-hydrogen) atoms. The topological polar surface area (TPSA) is 55.4 Å². The molecule has 8 heteroatoms. The molecule has 0 aliphatic carbocycles. The van der Waals surface area contributed by atoms with Crippen molar-refractivity contribution in [2.24, 2.45) is 0 Å². The van der Waals surface area contributed by atoms with Gasteiger partial charge in [-0.1, -0.05) is 48.9 Å². The summed E-state index contributed by atoms with van der Waals surface area (Å²) >= 11 is 5.53. The molecule has 2 aromatic rings. The summed E-state index contributed by atoms with van der Waals surface area (Å²) in [5.74, 6) is -1.85. The van der Waals surface area contributed by atoms with E-state index in [1.807, 2.05) is 13.0 Å². The molecule has 0 aliphatic rings. The first kappa shape index (κ1) is 20.8. The summed E-state index contributed by atoms with van der Waals surface area (Å²) < 4.78 is 43.5. The predicted octanol–water partition coefficient (Wildman–Crippen LogP) is 5.03. The second-order valence-electron chi connectivity index (χ2n) is 5.72. The first-order valence-corrected chi connectivity index (χ1v) is 8.48. The summed E-state index contributed by atoms with van der Waals surface area (Å²) in [6.07, 6.45) is -4.16. The molecule has 1 amide bonds. The summed E-state index contributed by atoms with van der Waals surface area (Å²) in [5.41, 5.74) is -0.394. The molecular formula is C19H17ClF3NO3. The normalized spacial score (nSPS) is 12.3. The van der Waals surface area contributed by atoms with Crippen molar-refractivity contribution in [3.8, 4) is 0 Å². The fraction of sp³-hybridized carbons (Fsp3) is 0.263. The lowest BCUT2D eigenvalue weighted by Crippen LogP contribution is -2.24. The van der Waals surface area contributed by atoms with Gasteiger partial charge >= 0.3 is 12.1 Å². The molecule has 0 unspecified atom stereocenters. The van der Waals surface area contributed by atoms with E-state index in [0.717, 1.165) is 17.7 Å². The number of hydrogen-bond donors (Lipinski definition) is 1. The highest BCUT2D eigenvalue weighted by Gasteiger charge is 2.33. The predicted molar refractivity (Wildman–Crippen MR) is 95.5 cm³/mol. The molecule has 0 fully saturated rings. The van der Waals surface area contributed by atoms with Crippen LogP contribution >= 0.6 is 11.6 Å². The Balaban J connectivity index is 1.97. The largest absolute Gasteiger partial charge is 0.455 e. The van der Waals surface area contributed by atoms with Gasteiger partial charge in [0.25, 0.3) is 5.91 Å². The van der Waals surface area contributed by atoms with Crippen LogP contribution in [0.25, 0.3) is 0 Å². The van der Waals surface area contributed by atoms with Crippen LogP contribution in [0.5, 0.6) is 0 Å². The lowest BCUT2D eigenvalue weighted by Gasteiger charge is -2.15. The number of rotatable bonds is 6. The quantitative estimate of drug-likeness (QED) is 0.693. The van der Waals surface area contributed by atoms with Crippen LogP contribution in [0.1, 0.15) is 30.4 Å². The van der Waals surface area contributed by atoms with E-state index in [1.54, 1.807) is 24.3 Å². The summed E-state index contributed by atoms with van der Waals surface area (Å²) in [5, 5.41) is 1.79. The highest BCUT2D eigenvalue weighted by atomic mass is 35.5. The van der Waals surface area contributed by atoms with Crippen molar-refractivity contribution in [3.05, 3.63) is 64.7 Å². The Morgan fingerprint density at radius 3 is 2.41 bits per heavy atom. The zero-order valence-electron chi connectivity index (χ0n) is 14.3. The lowest BCUT2D eigenvalue weighted by molar-refractivity contribution is -0.149. The first-order valence-electron chi connectivity index (χ1n) is 8.10. The van der Waals surface area contributed by atoms with Gasteiger partial charge in [-0.15, -0.1) is 0 Å². The van der Waals surface area contributed by atoms with Gasteiger partial charge in [0.2, 0.25) is 0 Å². The molecule has 1 atom stereocenters. The van der Waals surface area contributed by atoms with Crippen LogP contribution < -0.4 is 5.32 Å². The number of hydrogen-bond acceptors (Lipinski definition) is 3. The average molecular weight is 400 g/mol. The Bertz CT molecular complexity index is 810. The van der Waals surface area contributed by atoms with E-state index in [9.17, 15) is 22.8 Å². The van der Waals surface area contributed by atoms with Crippen molar-refractivity contribution in [1.82, 2.24) is 0 Å². The average Bonchev–Trinajstić information content (AvgIpc) is 2.62. The van der Waals surface area contributed by atoms with Crippen molar-refractivity contribution in [2.75, 3.05) is 11.9 Å². The maximum Gasteiger partial charge on any atom is 0.417 e. The van der Waals surface area contributed by atoms with Crippen molar-refractivity contribution < 1.29 is 27.5 Å². The number of esters is 1. The van der Waals surface area contributed by atoms with Crippen LogP contribution in [0.2, 0.25) is 5.02 Å². The second kappa shape index (κ2) is 8.90. The molecule has 2 aromatic carbocycles. The first-order chi connectivity index (χ1) is 12.7. The fourth-order valence-corrected chi connectivity index (χ4v) is 2.70. The number of benzene rings is 2. The standard InChI is InChI=1S/C19H17ClF3NO3/c1-2-14(12-6-4-3-5-7-12)18(26)27-11-17(25)24-13-8-9-16(20)15(10-13)19(21,22)23/h3-10,14H,2,11H2,1H3,(H,24,25)/t14-/m1/s1. The van der Waals surface area contributed by atoms with E-state index in [-0.39, 0.29) is 5.69 Å². The molecule has 2 rings (SSSR count). The van der Waals surface area contributed by atoms with Crippen LogP contribution in [-0.2, 0) is 20.5 Å². The summed E-state index contributed by atoms with van der Waals surface area (Å²) in [6.45, 7) is 1.21. The third kappa shape index (κ3) is 5.72. The van der Waals surface area contributed by atoms with Gasteiger partial charge in [0.1, 0.15) is 0 Å². The minimum atomic E-state index is -4.64. The van der Waals surface area contributed by atoms with Crippen molar-refractivity contribution in [2.45, 2.75) is 25.4 Å². The van der Waals surface area contributed by atoms with Crippen LogP contribution in [-0.4, -0.2) is 18.5 Å². The van der Waals surface area contributed by atoms with Gasteiger partial charge in [-0.3, -0.25) is 9.59 Å². The number of ether oxygens (including phenoxy) is 1. The molecule has 0 saturated heterocycles. The van der Waals surface area contributed by atoms with E-state index in [1.165, 1.54) is 6.07 Å². The number of carbonyl (C=O) groups is 2. The van der Waals surface area contributed by atoms with Crippen molar-refractivity contribution in [3.63, 3.8) is 0 Å². The van der Waals surface area contributed by atoms with E-state index in [0.29, 0.717) is 6.42 Å². The van der Waals surface area contributed by atoms with Gasteiger partial charge in [-0.05, 0) is 30.2 Å². The third-order valence-corrected chi connectivity index (χ3v) is 4.13. The SMILES string of the molecule is CC[C@@H](C(=O)OCC(=O)Nc1ccc(Cl)c(C(F)(F)F)c1)c1ccccc1. The van der Waals surface area contributed by atoms with E-state index in [4.69, 9.17) is 16.3 Å². The van der Waals surface area contributed by atoms with E-state index >= 15 is 0 Å². The molecule has 0 aliphatic heterocycles. The van der Waals surface area contributed by atoms with Crippen LogP contribution in [0.15, 0.2) is 48.5 Å². The molecule has 0 heterocycles. The zero-order valence-corrected chi connectivity index (χ0v) is 15.1. The summed E-state index contributed by atoms with van der Waals surface area (Å²) in [7, 11) is 0. The van der Waals surface area contributed by atoms with Gasteiger partial charge in [0.05, 0.1) is 16.5 Å². The van der Waals surface area contributed by atoms with Gasteiger partial charge < -0.3 is 10.1 Å². The number of carbonyl (C=O) groups excluding carboxylic acids is 2. The minimum absolute atomic E-state index is 0.0946. The van der Waals surface area contributed by atoms with Crippen molar-refractivity contribution in [1.29, 1.82) is 0 Å². The Labute approximate surface area is 159 Å². The van der Waals surface area contributed by atoms with E-state index < -0.39 is 41.2 Å². The Hall–Kier alpha value is -2.54. The van der Waals surface area contributed by atoms with Gasteiger partial charge in [-0.2, -0.15) is 13.2 Å². The van der Waals surface area contributed by atoms with Gasteiger partial charge in [-0.25, -0.2) is 0 Å². The number of amides is 1. The molecule has 0 aromatic heterocycles. The monoisotopic (exact) mass is 399 g/mol. The zero-order chi connectivity index (χ0) is 20.0. The van der Waals surface area contributed by atoms with Gasteiger partial charge in [0, 0.05) is 5.69 Å². The Kier molecular flexibility index (Phi) is 6.85. The highest BCUT2D eigenvalue weighted by Crippen LogP contribution is 2.36. The maximum atomic E-state index is 12.8. The summed E-state index contributed by atoms with van der Waals surface area (Å²) in [4.78, 5) is 24.1. The molecule has 0 spiro atoms. The second-order valence-corrected chi connectivity index (χ2v) is 6.13. The smallest absolute Gasteiger partial charge is 0.417 e. The molecule has 1 N–H and O–H groups in total. The molecular weight excluding hydrogens is 383 g/mol. The number of halogens is 4. The minimum Gasteiger partial charge on any atom is -0.455 e. The molecule has 0 saturated carbocycles. The van der Waals surface area contributed by atoms with E-state index in [2.05, 4.69) is 5.32 Å².